The lowest BCUT2D eigenvalue weighted by molar-refractivity contribution is 0.102. The van der Waals surface area contributed by atoms with Crippen LogP contribution in [-0.4, -0.2) is 17.2 Å². The summed E-state index contributed by atoms with van der Waals surface area (Å²) in [6, 6.07) is 18.7. The van der Waals surface area contributed by atoms with Gasteiger partial charge in [-0.15, -0.1) is 0 Å². The summed E-state index contributed by atoms with van der Waals surface area (Å²) in [5.74, 6) is -1.26. The fourth-order valence-electron chi connectivity index (χ4n) is 2.53. The molecule has 0 fully saturated rings. The number of hydrogen-bond donors (Lipinski definition) is 1. The molecule has 3 aromatic rings. The van der Waals surface area contributed by atoms with Crippen molar-refractivity contribution in [3.63, 3.8) is 0 Å². The number of carbonyl (C=O) groups is 1. The topological polar surface area (TPSA) is 73.2 Å². The molecule has 3 aromatic carbocycles. The van der Waals surface area contributed by atoms with Crippen LogP contribution in [0.4, 0.5) is 15.8 Å². The molecule has 1 amide bonds. The summed E-state index contributed by atoms with van der Waals surface area (Å²) in [5, 5.41) is 11.8. The quantitative estimate of drug-likeness (QED) is 0.637. The molecule has 0 aliphatic carbocycles. The number of amides is 1. The second kappa shape index (κ2) is 8.86. The predicted molar refractivity (Wildman–Crippen MR) is 112 cm³/mol. The normalized spacial score (nSPS) is 11.4. The van der Waals surface area contributed by atoms with Crippen LogP contribution in [0.5, 0.6) is 0 Å². The van der Waals surface area contributed by atoms with Gasteiger partial charge in [0, 0.05) is 23.3 Å². The van der Waals surface area contributed by atoms with Crippen LogP contribution in [0, 0.1) is 17.1 Å². The lowest BCUT2D eigenvalue weighted by Crippen LogP contribution is -2.21. The lowest BCUT2D eigenvalue weighted by Gasteiger charge is -2.18. The van der Waals surface area contributed by atoms with E-state index in [1.165, 1.54) is 18.2 Å². The summed E-state index contributed by atoms with van der Waals surface area (Å²) in [4.78, 5) is 12.9. The van der Waals surface area contributed by atoms with E-state index in [1.807, 2.05) is 6.07 Å². The maximum atomic E-state index is 14.0. The molecule has 3 rings (SSSR count). The van der Waals surface area contributed by atoms with E-state index in [1.54, 1.807) is 53.8 Å². The van der Waals surface area contributed by atoms with E-state index in [9.17, 15) is 13.4 Å². The summed E-state index contributed by atoms with van der Waals surface area (Å²) in [7, 11) is 0.0972. The van der Waals surface area contributed by atoms with Gasteiger partial charge in [-0.05, 0) is 60.7 Å². The van der Waals surface area contributed by atoms with Gasteiger partial charge >= 0.3 is 0 Å². The van der Waals surface area contributed by atoms with Crippen LogP contribution < -0.4 is 9.62 Å². The average molecular weight is 428 g/mol. The van der Waals surface area contributed by atoms with Crippen molar-refractivity contribution in [1.82, 2.24) is 0 Å². The highest BCUT2D eigenvalue weighted by molar-refractivity contribution is 7.86. The van der Waals surface area contributed by atoms with Gasteiger partial charge in [-0.25, -0.2) is 8.60 Å². The standard InChI is InChI=1S/C21H15ClFN3O2S/c1-26(17-8-6-16(22)7-9-17)29(28)18-4-2-3-15(12-18)21(27)25-20-10-5-14(13-24)11-19(20)23/h2-12H,1H3,(H,25,27). The molecule has 0 radical (unpaired) electrons. The monoisotopic (exact) mass is 427 g/mol. The molecular weight excluding hydrogens is 413 g/mol. The highest BCUT2D eigenvalue weighted by Crippen LogP contribution is 2.22. The smallest absolute Gasteiger partial charge is 0.255 e. The zero-order valence-corrected chi connectivity index (χ0v) is 16.8. The van der Waals surface area contributed by atoms with Crippen molar-refractivity contribution in [3.8, 4) is 6.07 Å². The number of nitrogens with zero attached hydrogens (tertiary/aromatic N) is 2. The van der Waals surface area contributed by atoms with Gasteiger partial charge in [0.15, 0.2) is 11.0 Å². The molecule has 8 heteroatoms. The van der Waals surface area contributed by atoms with Crippen molar-refractivity contribution >= 4 is 39.9 Å². The van der Waals surface area contributed by atoms with E-state index in [4.69, 9.17) is 16.9 Å². The number of nitriles is 1. The summed E-state index contributed by atoms with van der Waals surface area (Å²) in [6.07, 6.45) is 0. The van der Waals surface area contributed by atoms with Gasteiger partial charge in [0.1, 0.15) is 5.82 Å². The largest absolute Gasteiger partial charge is 0.319 e. The van der Waals surface area contributed by atoms with Crippen molar-refractivity contribution in [2.75, 3.05) is 16.7 Å². The van der Waals surface area contributed by atoms with E-state index in [2.05, 4.69) is 5.32 Å². The molecule has 0 aliphatic rings. The minimum Gasteiger partial charge on any atom is -0.319 e. The zero-order chi connectivity index (χ0) is 21.0. The fraction of sp³-hybridized carbons (Fsp3) is 0.0476. The van der Waals surface area contributed by atoms with E-state index in [0.717, 1.165) is 6.07 Å². The molecule has 0 heterocycles. The molecular formula is C21H15ClFN3O2S. The maximum Gasteiger partial charge on any atom is 0.255 e. The Morgan fingerprint density at radius 2 is 1.86 bits per heavy atom. The second-order valence-corrected chi connectivity index (χ2v) is 7.97. The highest BCUT2D eigenvalue weighted by Gasteiger charge is 2.15. The van der Waals surface area contributed by atoms with Crippen molar-refractivity contribution in [2.45, 2.75) is 4.90 Å². The first-order chi connectivity index (χ1) is 13.9. The molecule has 0 saturated carbocycles. The zero-order valence-electron chi connectivity index (χ0n) is 15.2. The van der Waals surface area contributed by atoms with Gasteiger partial charge in [-0.3, -0.25) is 9.10 Å². The predicted octanol–water partition coefficient (Wildman–Crippen LogP) is 4.76. The Morgan fingerprint density at radius 3 is 2.52 bits per heavy atom. The number of benzene rings is 3. The molecule has 0 saturated heterocycles. The molecule has 0 aliphatic heterocycles. The maximum absolute atomic E-state index is 14.0. The molecule has 1 N–H and O–H groups in total. The first kappa shape index (κ1) is 20.5. The number of rotatable bonds is 5. The third-order valence-corrected chi connectivity index (χ3v) is 5.70. The van der Waals surface area contributed by atoms with Crippen LogP contribution in [0.25, 0.3) is 0 Å². The molecule has 1 atom stereocenters. The summed E-state index contributed by atoms with van der Waals surface area (Å²) in [6.45, 7) is 0. The highest BCUT2D eigenvalue weighted by atomic mass is 35.5. The molecule has 0 bridgehead atoms. The van der Waals surface area contributed by atoms with E-state index >= 15 is 0 Å². The molecule has 5 nitrogen and oxygen atoms in total. The van der Waals surface area contributed by atoms with Gasteiger partial charge in [-0.2, -0.15) is 5.26 Å². The van der Waals surface area contributed by atoms with Crippen LogP contribution in [0.15, 0.2) is 71.6 Å². The van der Waals surface area contributed by atoms with Crippen molar-refractivity contribution < 1.29 is 13.4 Å². The second-order valence-electron chi connectivity index (χ2n) is 6.01. The number of anilines is 2. The number of halogens is 2. The summed E-state index contributed by atoms with van der Waals surface area (Å²) in [5.41, 5.74) is 1.04. The molecule has 146 valence electrons. The summed E-state index contributed by atoms with van der Waals surface area (Å²) < 4.78 is 28.4. The minimum absolute atomic E-state index is 0.0428. The Bertz CT molecular complexity index is 1130. The Balaban J connectivity index is 1.79. The third-order valence-electron chi connectivity index (χ3n) is 4.08. The van der Waals surface area contributed by atoms with E-state index in [0.29, 0.717) is 15.6 Å². The van der Waals surface area contributed by atoms with Crippen molar-refractivity contribution in [3.05, 3.63) is 88.7 Å². The molecule has 1 unspecified atom stereocenters. The molecule has 29 heavy (non-hydrogen) atoms. The first-order valence-electron chi connectivity index (χ1n) is 8.41. The van der Waals surface area contributed by atoms with E-state index < -0.39 is 22.7 Å². The van der Waals surface area contributed by atoms with Crippen molar-refractivity contribution in [1.29, 1.82) is 5.26 Å². The Morgan fingerprint density at radius 1 is 1.14 bits per heavy atom. The van der Waals surface area contributed by atoms with E-state index in [-0.39, 0.29) is 16.8 Å². The minimum atomic E-state index is -1.57. The van der Waals surface area contributed by atoms with Gasteiger partial charge in [-0.1, -0.05) is 17.7 Å². The number of nitrogens with one attached hydrogen (secondary N) is 1. The van der Waals surface area contributed by atoms with Crippen LogP contribution in [0.2, 0.25) is 5.02 Å². The Hall–Kier alpha value is -3.21. The lowest BCUT2D eigenvalue weighted by atomic mass is 10.2. The third kappa shape index (κ3) is 4.80. The summed E-state index contributed by atoms with van der Waals surface area (Å²) >= 11 is 5.88. The van der Waals surface area contributed by atoms with Crippen molar-refractivity contribution in [2.24, 2.45) is 0 Å². The van der Waals surface area contributed by atoms with Gasteiger partial charge in [0.25, 0.3) is 5.91 Å². The average Bonchev–Trinajstić information content (AvgIpc) is 2.74. The van der Waals surface area contributed by atoms with Gasteiger partial charge in [0.2, 0.25) is 0 Å². The van der Waals surface area contributed by atoms with Crippen LogP contribution in [0.3, 0.4) is 0 Å². The Kier molecular flexibility index (Phi) is 6.27. The number of carbonyl (C=O) groups excluding carboxylic acids is 1. The molecule has 0 aromatic heterocycles. The van der Waals surface area contributed by atoms with Crippen LogP contribution >= 0.6 is 11.6 Å². The van der Waals surface area contributed by atoms with Crippen LogP contribution in [-0.2, 0) is 11.0 Å². The Labute approximate surface area is 174 Å². The fourth-order valence-corrected chi connectivity index (χ4v) is 3.71. The van der Waals surface area contributed by atoms with Crippen LogP contribution in [0.1, 0.15) is 15.9 Å². The van der Waals surface area contributed by atoms with Gasteiger partial charge < -0.3 is 5.32 Å². The number of hydrogen-bond acceptors (Lipinski definition) is 3. The first-order valence-corrected chi connectivity index (χ1v) is 9.90. The SMILES string of the molecule is CN(c1ccc(Cl)cc1)S(=O)c1cccc(C(=O)Nc2ccc(C#N)cc2F)c1. The van der Waals surface area contributed by atoms with Gasteiger partial charge in [0.05, 0.1) is 22.2 Å². The molecule has 0 spiro atoms.